The van der Waals surface area contributed by atoms with E-state index in [1.807, 2.05) is 0 Å². The van der Waals surface area contributed by atoms with E-state index in [0.29, 0.717) is 17.9 Å². The van der Waals surface area contributed by atoms with Crippen LogP contribution < -0.4 is 5.73 Å². The standard InChI is InChI=1S/C12H25N3/c1-4-9(2)15-7-10-5-14(3)6-11(8-15)12(10)13/h9-12H,4-8,13H2,1-3H3. The van der Waals surface area contributed by atoms with Crippen molar-refractivity contribution in [3.05, 3.63) is 0 Å². The Labute approximate surface area is 93.6 Å². The molecule has 2 N–H and O–H groups in total. The topological polar surface area (TPSA) is 32.5 Å². The Bertz CT molecular complexity index is 203. The van der Waals surface area contributed by atoms with Crippen LogP contribution in [0.15, 0.2) is 0 Å². The highest BCUT2D eigenvalue weighted by atomic mass is 15.2. The van der Waals surface area contributed by atoms with Crippen LogP contribution in [0, 0.1) is 11.8 Å². The Morgan fingerprint density at radius 1 is 1.20 bits per heavy atom. The fourth-order valence-electron chi connectivity index (χ4n) is 3.16. The quantitative estimate of drug-likeness (QED) is 0.726. The summed E-state index contributed by atoms with van der Waals surface area (Å²) in [6, 6.07) is 1.17. The number of rotatable bonds is 2. The Morgan fingerprint density at radius 3 is 2.20 bits per heavy atom. The zero-order valence-corrected chi connectivity index (χ0v) is 10.3. The molecule has 2 saturated heterocycles. The van der Waals surface area contributed by atoms with Gasteiger partial charge in [0, 0.05) is 38.3 Å². The first kappa shape index (κ1) is 11.4. The Balaban J connectivity index is 2.02. The minimum atomic E-state index is 0.446. The maximum atomic E-state index is 6.30. The number of nitrogens with two attached hydrogens (primary N) is 1. The first-order valence-electron chi connectivity index (χ1n) is 6.30. The minimum Gasteiger partial charge on any atom is -0.327 e. The molecule has 2 heterocycles. The highest BCUT2D eigenvalue weighted by Gasteiger charge is 2.39. The van der Waals surface area contributed by atoms with E-state index >= 15 is 0 Å². The van der Waals surface area contributed by atoms with E-state index in [1.165, 1.54) is 32.6 Å². The van der Waals surface area contributed by atoms with Crippen LogP contribution in [0.5, 0.6) is 0 Å². The highest BCUT2D eigenvalue weighted by Crippen LogP contribution is 2.28. The van der Waals surface area contributed by atoms with Crippen molar-refractivity contribution in [3.63, 3.8) is 0 Å². The van der Waals surface area contributed by atoms with Gasteiger partial charge < -0.3 is 10.6 Å². The van der Waals surface area contributed by atoms with Gasteiger partial charge in [-0.2, -0.15) is 0 Å². The SMILES string of the molecule is CCC(C)N1CC2CN(C)CC(C1)C2N. The van der Waals surface area contributed by atoms with Crippen molar-refractivity contribution in [1.82, 2.24) is 9.80 Å². The average molecular weight is 211 g/mol. The van der Waals surface area contributed by atoms with Crippen LogP contribution in [0.4, 0.5) is 0 Å². The van der Waals surface area contributed by atoms with E-state index in [4.69, 9.17) is 5.73 Å². The number of fused-ring (bicyclic) bond motifs is 2. The lowest BCUT2D eigenvalue weighted by atomic mass is 9.79. The van der Waals surface area contributed by atoms with Crippen molar-refractivity contribution >= 4 is 0 Å². The molecule has 3 heteroatoms. The van der Waals surface area contributed by atoms with Gasteiger partial charge >= 0.3 is 0 Å². The van der Waals surface area contributed by atoms with Crippen molar-refractivity contribution in [2.75, 3.05) is 33.2 Å². The van der Waals surface area contributed by atoms with Crippen LogP contribution in [0.1, 0.15) is 20.3 Å². The molecular weight excluding hydrogens is 186 g/mol. The van der Waals surface area contributed by atoms with Crippen molar-refractivity contribution < 1.29 is 0 Å². The summed E-state index contributed by atoms with van der Waals surface area (Å²) in [5.41, 5.74) is 6.30. The Kier molecular flexibility index (Phi) is 3.33. The highest BCUT2D eigenvalue weighted by molar-refractivity contribution is 4.96. The summed E-state index contributed by atoms with van der Waals surface area (Å²) in [5, 5.41) is 0. The molecule has 2 bridgehead atoms. The van der Waals surface area contributed by atoms with Crippen LogP contribution in [-0.4, -0.2) is 55.1 Å². The van der Waals surface area contributed by atoms with Crippen LogP contribution >= 0.6 is 0 Å². The molecule has 0 aromatic heterocycles. The number of nitrogens with zero attached hydrogens (tertiary/aromatic N) is 2. The van der Waals surface area contributed by atoms with Crippen LogP contribution in [0.3, 0.4) is 0 Å². The van der Waals surface area contributed by atoms with Gasteiger partial charge in [0.2, 0.25) is 0 Å². The monoisotopic (exact) mass is 211 g/mol. The summed E-state index contributed by atoms with van der Waals surface area (Å²) in [7, 11) is 2.23. The fourth-order valence-corrected chi connectivity index (χ4v) is 3.16. The maximum absolute atomic E-state index is 6.30. The molecule has 0 aliphatic carbocycles. The van der Waals surface area contributed by atoms with Crippen LogP contribution in [-0.2, 0) is 0 Å². The third-order valence-electron chi connectivity index (χ3n) is 4.33. The summed E-state index contributed by atoms with van der Waals surface area (Å²) in [4.78, 5) is 5.10. The predicted octanol–water partition coefficient (Wildman–Crippen LogP) is 0.606. The van der Waals surface area contributed by atoms with Gasteiger partial charge in [-0.15, -0.1) is 0 Å². The second-order valence-corrected chi connectivity index (χ2v) is 5.53. The lowest BCUT2D eigenvalue weighted by Gasteiger charge is -2.50. The van der Waals surface area contributed by atoms with Crippen molar-refractivity contribution in [1.29, 1.82) is 0 Å². The third-order valence-corrected chi connectivity index (χ3v) is 4.33. The van der Waals surface area contributed by atoms with Crippen molar-refractivity contribution in [2.45, 2.75) is 32.4 Å². The molecule has 0 aromatic carbocycles. The summed E-state index contributed by atoms with van der Waals surface area (Å²) in [6.07, 6.45) is 1.25. The van der Waals surface area contributed by atoms with Crippen LogP contribution in [0.2, 0.25) is 0 Å². The molecule has 0 spiro atoms. The van der Waals surface area contributed by atoms with E-state index in [-0.39, 0.29) is 0 Å². The first-order valence-corrected chi connectivity index (χ1v) is 6.30. The molecule has 15 heavy (non-hydrogen) atoms. The first-order chi connectivity index (χ1) is 7.11. The molecule has 0 saturated carbocycles. The zero-order valence-electron chi connectivity index (χ0n) is 10.3. The molecule has 3 atom stereocenters. The lowest BCUT2D eigenvalue weighted by Crippen LogP contribution is -2.63. The van der Waals surface area contributed by atoms with E-state index in [1.54, 1.807) is 0 Å². The molecule has 2 rings (SSSR count). The molecule has 3 nitrogen and oxygen atoms in total. The number of hydrogen-bond donors (Lipinski definition) is 1. The van der Waals surface area contributed by atoms with E-state index in [9.17, 15) is 0 Å². The van der Waals surface area contributed by atoms with Gasteiger partial charge in [0.15, 0.2) is 0 Å². The van der Waals surface area contributed by atoms with E-state index in [2.05, 4.69) is 30.7 Å². The molecule has 2 aliphatic rings. The maximum Gasteiger partial charge on any atom is 0.0145 e. The fraction of sp³-hybridized carbons (Fsp3) is 1.00. The third kappa shape index (κ3) is 2.19. The van der Waals surface area contributed by atoms with Gasteiger partial charge in [0.25, 0.3) is 0 Å². The van der Waals surface area contributed by atoms with Gasteiger partial charge in [-0.05, 0) is 32.2 Å². The smallest absolute Gasteiger partial charge is 0.0145 e. The van der Waals surface area contributed by atoms with Gasteiger partial charge in [-0.25, -0.2) is 0 Å². The molecular formula is C12H25N3. The van der Waals surface area contributed by atoms with Gasteiger partial charge in [-0.1, -0.05) is 6.92 Å². The summed E-state index contributed by atoms with van der Waals surface area (Å²) in [6.45, 7) is 9.40. The summed E-state index contributed by atoms with van der Waals surface area (Å²) >= 11 is 0. The summed E-state index contributed by atoms with van der Waals surface area (Å²) < 4.78 is 0. The molecule has 0 radical (unpaired) electrons. The largest absolute Gasteiger partial charge is 0.327 e. The number of piperidine rings is 2. The predicted molar refractivity (Wildman–Crippen MR) is 63.8 cm³/mol. The van der Waals surface area contributed by atoms with Gasteiger partial charge in [0.1, 0.15) is 0 Å². The van der Waals surface area contributed by atoms with E-state index < -0.39 is 0 Å². The molecule has 88 valence electrons. The molecule has 2 fully saturated rings. The second-order valence-electron chi connectivity index (χ2n) is 5.53. The molecule has 2 aliphatic heterocycles. The zero-order chi connectivity index (χ0) is 11.0. The van der Waals surface area contributed by atoms with Gasteiger partial charge in [0.05, 0.1) is 0 Å². The van der Waals surface area contributed by atoms with Crippen molar-refractivity contribution in [3.8, 4) is 0 Å². The minimum absolute atomic E-state index is 0.446. The van der Waals surface area contributed by atoms with E-state index in [0.717, 1.165) is 6.04 Å². The summed E-state index contributed by atoms with van der Waals surface area (Å²) in [5.74, 6) is 1.38. The Morgan fingerprint density at radius 2 is 1.73 bits per heavy atom. The Hall–Kier alpha value is -0.120. The lowest BCUT2D eigenvalue weighted by molar-refractivity contribution is 0.00613. The second kappa shape index (κ2) is 4.40. The average Bonchev–Trinajstić information content (AvgIpc) is 2.19. The van der Waals surface area contributed by atoms with Crippen LogP contribution in [0.25, 0.3) is 0 Å². The molecule has 3 unspecified atom stereocenters. The number of hydrogen-bond acceptors (Lipinski definition) is 3. The van der Waals surface area contributed by atoms with Crippen molar-refractivity contribution in [2.24, 2.45) is 17.6 Å². The number of likely N-dealkylation sites (tertiary alicyclic amines) is 2. The normalized spacial score (nSPS) is 40.4. The van der Waals surface area contributed by atoms with Gasteiger partial charge in [-0.3, -0.25) is 4.90 Å². The molecule has 0 aromatic rings. The molecule has 0 amide bonds.